The van der Waals surface area contributed by atoms with E-state index in [1.807, 2.05) is 60.7 Å². The van der Waals surface area contributed by atoms with Gasteiger partial charge < -0.3 is 29.7 Å². The molecular weight excluding hydrogens is 744 g/mol. The summed E-state index contributed by atoms with van der Waals surface area (Å²) in [6.07, 6.45) is 0. The van der Waals surface area contributed by atoms with Crippen LogP contribution in [0.1, 0.15) is 0 Å². The van der Waals surface area contributed by atoms with Crippen molar-refractivity contribution in [2.75, 3.05) is 0 Å². The first-order valence-corrected chi connectivity index (χ1v) is 5.94. The minimum absolute atomic E-state index is 0. The summed E-state index contributed by atoms with van der Waals surface area (Å²) in [4.78, 5) is 0. The Balaban J connectivity index is -0.0000000377. The topological polar surface area (TPSA) is 0 Å². The van der Waals surface area contributed by atoms with Crippen molar-refractivity contribution in [2.45, 2.75) is 0 Å². The fourth-order valence-corrected chi connectivity index (χ4v) is 1.50. The average molecular weight is 766 g/mol. The van der Waals surface area contributed by atoms with E-state index in [4.69, 9.17) is 0 Å². The SMILES string of the molecule is [Au].[Au].[CH3-].[CH3-].[CH3-].[CH3-].[Se]c1ccccc1.[Se]c1ccccc1. The molecule has 0 aromatic heterocycles. The summed E-state index contributed by atoms with van der Waals surface area (Å²) >= 11 is 5.80. The fourth-order valence-electron chi connectivity index (χ4n) is 0.841. The van der Waals surface area contributed by atoms with Crippen molar-refractivity contribution in [2.24, 2.45) is 0 Å². The van der Waals surface area contributed by atoms with E-state index in [-0.39, 0.29) is 74.5 Å². The summed E-state index contributed by atoms with van der Waals surface area (Å²) in [5, 5.41) is 0. The van der Waals surface area contributed by atoms with Gasteiger partial charge in [0, 0.05) is 44.8 Å². The number of hydrogen-bond donors (Lipinski definition) is 0. The van der Waals surface area contributed by atoms with Crippen LogP contribution in [0.4, 0.5) is 0 Å². The van der Waals surface area contributed by atoms with Crippen molar-refractivity contribution < 1.29 is 44.8 Å². The molecule has 2 rings (SSSR count). The van der Waals surface area contributed by atoms with Crippen molar-refractivity contribution in [1.82, 2.24) is 0 Å². The van der Waals surface area contributed by atoms with Gasteiger partial charge in [0.2, 0.25) is 0 Å². The molecule has 0 atom stereocenters. The molecule has 4 radical (unpaired) electrons. The van der Waals surface area contributed by atoms with Gasteiger partial charge in [0.05, 0.1) is 0 Å². The number of rotatable bonds is 0. The van der Waals surface area contributed by atoms with Crippen LogP contribution in [0, 0.1) is 29.7 Å². The molecule has 0 amide bonds. The Morgan fingerprint density at radius 1 is 0.450 bits per heavy atom. The van der Waals surface area contributed by atoms with Crippen LogP contribution in [-0.4, -0.2) is 32.0 Å². The van der Waals surface area contributed by atoms with E-state index in [1.54, 1.807) is 0 Å². The van der Waals surface area contributed by atoms with Crippen molar-refractivity contribution in [3.63, 3.8) is 0 Å². The Labute approximate surface area is 174 Å². The predicted molar refractivity (Wildman–Crippen MR) is 89.3 cm³/mol. The molecule has 0 aliphatic heterocycles. The van der Waals surface area contributed by atoms with Crippen LogP contribution < -0.4 is 8.92 Å². The zero-order valence-corrected chi connectivity index (χ0v) is 20.0. The fraction of sp³-hybridized carbons (Fsp3) is 0. The molecule has 2 aromatic carbocycles. The Bertz CT molecular complexity index is 316. The molecule has 0 nitrogen and oxygen atoms in total. The van der Waals surface area contributed by atoms with Crippen LogP contribution in [0.25, 0.3) is 0 Å². The maximum atomic E-state index is 2.90. The summed E-state index contributed by atoms with van der Waals surface area (Å²) in [5.41, 5.74) is 0. The van der Waals surface area contributed by atoms with E-state index in [0.29, 0.717) is 0 Å². The molecule has 0 heterocycles. The number of benzene rings is 2. The van der Waals surface area contributed by atoms with E-state index in [0.717, 1.165) is 0 Å². The van der Waals surface area contributed by atoms with Gasteiger partial charge in [-0.1, -0.05) is 0 Å². The quantitative estimate of drug-likeness (QED) is 0.286. The molecule has 0 spiro atoms. The Morgan fingerprint density at radius 3 is 0.750 bits per heavy atom. The molecule has 0 saturated heterocycles. The van der Waals surface area contributed by atoms with Gasteiger partial charge in [0.1, 0.15) is 0 Å². The maximum absolute atomic E-state index is 2.90. The molecular formula is C16H22Au2Se2-4. The summed E-state index contributed by atoms with van der Waals surface area (Å²) in [6.45, 7) is 0. The molecule has 0 aliphatic rings. The normalized spacial score (nSPS) is 6.00. The van der Waals surface area contributed by atoms with Gasteiger partial charge >= 0.3 is 102 Å². The van der Waals surface area contributed by atoms with E-state index in [1.165, 1.54) is 8.92 Å². The summed E-state index contributed by atoms with van der Waals surface area (Å²) < 4.78 is 2.39. The van der Waals surface area contributed by atoms with Gasteiger partial charge in [-0.3, -0.25) is 0 Å². The van der Waals surface area contributed by atoms with Gasteiger partial charge in [-0.2, -0.15) is 0 Å². The molecule has 0 N–H and O–H groups in total. The third kappa shape index (κ3) is 21.3. The first-order valence-electron chi connectivity index (χ1n) is 4.23. The third-order valence-corrected chi connectivity index (χ3v) is 2.63. The summed E-state index contributed by atoms with van der Waals surface area (Å²) in [5.74, 6) is 0. The van der Waals surface area contributed by atoms with Crippen LogP contribution in [0.5, 0.6) is 0 Å². The van der Waals surface area contributed by atoms with Crippen LogP contribution in [0.2, 0.25) is 0 Å². The van der Waals surface area contributed by atoms with Crippen LogP contribution >= 0.6 is 0 Å². The van der Waals surface area contributed by atoms with Gasteiger partial charge in [0.25, 0.3) is 0 Å². The minimum atomic E-state index is 0. The molecule has 4 heteroatoms. The van der Waals surface area contributed by atoms with Gasteiger partial charge in [-0.05, 0) is 0 Å². The van der Waals surface area contributed by atoms with Crippen LogP contribution in [-0.2, 0) is 44.8 Å². The molecule has 124 valence electrons. The third-order valence-electron chi connectivity index (χ3n) is 1.49. The standard InChI is InChI=1S/2C6H5Se.4CH3.2Au/c2*7-6-4-2-1-3-5-6;;;;;;/h2*1-5H;4*1H3;;/q;;4*-1;;. The first kappa shape index (κ1) is 37.3. The molecule has 0 saturated carbocycles. The monoisotopic (exact) mass is 768 g/mol. The second-order valence-electron chi connectivity index (χ2n) is 2.63. The van der Waals surface area contributed by atoms with E-state index < -0.39 is 0 Å². The Morgan fingerprint density at radius 2 is 0.650 bits per heavy atom. The zero-order chi connectivity index (χ0) is 10.2. The molecule has 0 aliphatic carbocycles. The summed E-state index contributed by atoms with van der Waals surface area (Å²) in [6, 6.07) is 20.1. The molecule has 0 unspecified atom stereocenters. The Kier molecular flexibility index (Phi) is 46.5. The molecule has 0 bridgehead atoms. The van der Waals surface area contributed by atoms with Gasteiger partial charge in [-0.15, -0.1) is 0 Å². The van der Waals surface area contributed by atoms with Crippen molar-refractivity contribution >= 4 is 40.9 Å². The van der Waals surface area contributed by atoms with Crippen molar-refractivity contribution in [3.8, 4) is 0 Å². The average Bonchev–Trinajstić information content (AvgIpc) is 2.21. The summed E-state index contributed by atoms with van der Waals surface area (Å²) in [7, 11) is 0. The second-order valence-corrected chi connectivity index (χ2v) is 4.60. The first-order chi connectivity index (χ1) is 6.79. The Hall–Kier alpha value is 0.959. The molecule has 2 aromatic rings. The van der Waals surface area contributed by atoms with E-state index in [9.17, 15) is 0 Å². The van der Waals surface area contributed by atoms with Crippen molar-refractivity contribution in [3.05, 3.63) is 90.4 Å². The predicted octanol–water partition coefficient (Wildman–Crippen LogP) is 2.76. The zero-order valence-electron chi connectivity index (χ0n) is 12.2. The van der Waals surface area contributed by atoms with E-state index in [2.05, 4.69) is 32.0 Å². The van der Waals surface area contributed by atoms with Crippen LogP contribution in [0.3, 0.4) is 0 Å². The molecule has 20 heavy (non-hydrogen) atoms. The van der Waals surface area contributed by atoms with Crippen LogP contribution in [0.15, 0.2) is 60.7 Å². The molecule has 0 fully saturated rings. The van der Waals surface area contributed by atoms with Gasteiger partial charge in [-0.25, -0.2) is 0 Å². The van der Waals surface area contributed by atoms with Gasteiger partial charge in [0.15, 0.2) is 0 Å². The second kappa shape index (κ2) is 24.9. The van der Waals surface area contributed by atoms with Crippen molar-refractivity contribution in [1.29, 1.82) is 0 Å². The van der Waals surface area contributed by atoms with E-state index >= 15 is 0 Å². The number of hydrogen-bond acceptors (Lipinski definition) is 0.